The standard InChI is InChI=1S/C15H21F2N3O/c1-2-5-19-10-12-3-4-14(13(8-12)9-18)20(6-7-21)11-15(16)17/h3-4,8,15,19,21H,2,5-7,10-11H2,1H3. The summed E-state index contributed by atoms with van der Waals surface area (Å²) in [4.78, 5) is 1.34. The summed E-state index contributed by atoms with van der Waals surface area (Å²) in [7, 11) is 0. The third-order valence-corrected chi connectivity index (χ3v) is 3.01. The van der Waals surface area contributed by atoms with Crippen molar-refractivity contribution in [2.24, 2.45) is 0 Å². The Labute approximate surface area is 124 Å². The van der Waals surface area contributed by atoms with E-state index >= 15 is 0 Å². The molecule has 1 rings (SSSR count). The van der Waals surface area contributed by atoms with Crippen LogP contribution in [0, 0.1) is 11.3 Å². The first kappa shape index (κ1) is 17.3. The van der Waals surface area contributed by atoms with Crippen LogP contribution >= 0.6 is 0 Å². The number of hydrogen-bond acceptors (Lipinski definition) is 4. The Bertz CT molecular complexity index is 474. The van der Waals surface area contributed by atoms with Gasteiger partial charge in [-0.05, 0) is 30.7 Å². The van der Waals surface area contributed by atoms with Gasteiger partial charge in [-0.1, -0.05) is 13.0 Å². The fourth-order valence-electron chi connectivity index (χ4n) is 2.07. The van der Waals surface area contributed by atoms with Crippen molar-refractivity contribution < 1.29 is 13.9 Å². The van der Waals surface area contributed by atoms with Crippen LogP contribution in [0.2, 0.25) is 0 Å². The molecule has 0 radical (unpaired) electrons. The average molecular weight is 297 g/mol. The second-order valence-corrected chi connectivity index (χ2v) is 4.70. The molecule has 0 bridgehead atoms. The van der Waals surface area contributed by atoms with E-state index in [0.29, 0.717) is 17.8 Å². The van der Waals surface area contributed by atoms with Crippen LogP contribution in [0.3, 0.4) is 0 Å². The van der Waals surface area contributed by atoms with Crippen molar-refractivity contribution in [1.29, 1.82) is 5.26 Å². The number of benzene rings is 1. The SMILES string of the molecule is CCCNCc1ccc(N(CCO)CC(F)F)c(C#N)c1. The summed E-state index contributed by atoms with van der Waals surface area (Å²) >= 11 is 0. The Morgan fingerprint density at radius 1 is 1.43 bits per heavy atom. The van der Waals surface area contributed by atoms with Gasteiger partial charge in [-0.3, -0.25) is 0 Å². The molecule has 0 fully saturated rings. The maximum atomic E-state index is 12.6. The van der Waals surface area contributed by atoms with Crippen LogP contribution in [0.5, 0.6) is 0 Å². The molecule has 0 spiro atoms. The summed E-state index contributed by atoms with van der Waals surface area (Å²) in [6.45, 7) is 2.92. The quantitative estimate of drug-likeness (QED) is 0.686. The van der Waals surface area contributed by atoms with E-state index in [1.165, 1.54) is 4.90 Å². The van der Waals surface area contributed by atoms with Gasteiger partial charge in [0.25, 0.3) is 6.43 Å². The van der Waals surface area contributed by atoms with Gasteiger partial charge in [0, 0.05) is 13.1 Å². The normalized spacial score (nSPS) is 10.7. The summed E-state index contributed by atoms with van der Waals surface area (Å²) in [5.74, 6) is 0. The molecule has 4 nitrogen and oxygen atoms in total. The van der Waals surface area contributed by atoms with Gasteiger partial charge in [0.05, 0.1) is 24.4 Å². The van der Waals surface area contributed by atoms with Crippen LogP contribution in [0.15, 0.2) is 18.2 Å². The Hall–Kier alpha value is -1.71. The van der Waals surface area contributed by atoms with E-state index in [-0.39, 0.29) is 13.2 Å². The van der Waals surface area contributed by atoms with Gasteiger partial charge in [0.1, 0.15) is 6.07 Å². The molecule has 1 aromatic rings. The highest BCUT2D eigenvalue weighted by molar-refractivity contribution is 5.60. The zero-order valence-electron chi connectivity index (χ0n) is 12.1. The lowest BCUT2D eigenvalue weighted by Gasteiger charge is -2.24. The molecule has 0 unspecified atom stereocenters. The first-order valence-corrected chi connectivity index (χ1v) is 7.00. The monoisotopic (exact) mass is 297 g/mol. The van der Waals surface area contributed by atoms with Crippen molar-refractivity contribution in [3.8, 4) is 6.07 Å². The van der Waals surface area contributed by atoms with E-state index in [1.807, 2.05) is 12.1 Å². The van der Waals surface area contributed by atoms with Gasteiger partial charge >= 0.3 is 0 Å². The lowest BCUT2D eigenvalue weighted by atomic mass is 10.1. The van der Waals surface area contributed by atoms with E-state index in [4.69, 9.17) is 5.11 Å². The van der Waals surface area contributed by atoms with Crippen molar-refractivity contribution in [3.63, 3.8) is 0 Å². The predicted molar refractivity (Wildman–Crippen MR) is 78.5 cm³/mol. The molecule has 0 aliphatic rings. The lowest BCUT2D eigenvalue weighted by molar-refractivity contribution is 0.153. The van der Waals surface area contributed by atoms with E-state index < -0.39 is 13.0 Å². The van der Waals surface area contributed by atoms with Gasteiger partial charge in [-0.25, -0.2) is 8.78 Å². The van der Waals surface area contributed by atoms with Crippen LogP contribution in [0.1, 0.15) is 24.5 Å². The van der Waals surface area contributed by atoms with E-state index in [9.17, 15) is 14.0 Å². The van der Waals surface area contributed by atoms with E-state index in [1.54, 1.807) is 12.1 Å². The topological polar surface area (TPSA) is 59.3 Å². The molecule has 0 aliphatic heterocycles. The third-order valence-electron chi connectivity index (χ3n) is 3.01. The van der Waals surface area contributed by atoms with Gasteiger partial charge in [-0.2, -0.15) is 5.26 Å². The molecule has 0 saturated carbocycles. The highest BCUT2D eigenvalue weighted by Gasteiger charge is 2.16. The first-order chi connectivity index (χ1) is 10.1. The summed E-state index contributed by atoms with van der Waals surface area (Å²) in [6.07, 6.45) is -1.50. The van der Waals surface area contributed by atoms with Crippen LogP contribution in [-0.2, 0) is 6.54 Å². The minimum atomic E-state index is -2.52. The number of nitriles is 1. The molecule has 0 aromatic heterocycles. The fraction of sp³-hybridized carbons (Fsp3) is 0.533. The molecular weight excluding hydrogens is 276 g/mol. The van der Waals surface area contributed by atoms with Crippen molar-refractivity contribution in [3.05, 3.63) is 29.3 Å². The number of alkyl halides is 2. The van der Waals surface area contributed by atoms with Crippen molar-refractivity contribution in [1.82, 2.24) is 5.32 Å². The van der Waals surface area contributed by atoms with Crippen LogP contribution in [0.25, 0.3) is 0 Å². The number of hydrogen-bond donors (Lipinski definition) is 2. The molecule has 1 aromatic carbocycles. The molecule has 0 amide bonds. The van der Waals surface area contributed by atoms with Gasteiger partial charge in [-0.15, -0.1) is 0 Å². The molecular formula is C15H21F2N3O. The molecule has 2 N–H and O–H groups in total. The summed E-state index contributed by atoms with van der Waals surface area (Å²) in [5.41, 5.74) is 1.72. The van der Waals surface area contributed by atoms with E-state index in [0.717, 1.165) is 18.5 Å². The minimum Gasteiger partial charge on any atom is -0.395 e. The van der Waals surface area contributed by atoms with Crippen LogP contribution in [0.4, 0.5) is 14.5 Å². The zero-order valence-corrected chi connectivity index (χ0v) is 12.1. The minimum absolute atomic E-state index is 0.0758. The average Bonchev–Trinajstić information content (AvgIpc) is 2.46. The van der Waals surface area contributed by atoms with Crippen molar-refractivity contribution >= 4 is 5.69 Å². The maximum absolute atomic E-state index is 12.6. The Morgan fingerprint density at radius 3 is 2.76 bits per heavy atom. The van der Waals surface area contributed by atoms with Crippen LogP contribution in [-0.4, -0.2) is 37.8 Å². The van der Waals surface area contributed by atoms with Gasteiger partial charge in [0.2, 0.25) is 0 Å². The number of nitrogens with one attached hydrogen (secondary N) is 1. The number of nitrogens with zero attached hydrogens (tertiary/aromatic N) is 2. The first-order valence-electron chi connectivity index (χ1n) is 7.00. The van der Waals surface area contributed by atoms with E-state index in [2.05, 4.69) is 12.2 Å². The molecule has 0 atom stereocenters. The third kappa shape index (κ3) is 5.66. The summed E-state index contributed by atoms with van der Waals surface area (Å²) in [6, 6.07) is 7.23. The zero-order chi connectivity index (χ0) is 15.7. The number of aliphatic hydroxyl groups excluding tert-OH is 1. The molecule has 116 valence electrons. The van der Waals surface area contributed by atoms with Crippen molar-refractivity contribution in [2.45, 2.75) is 26.3 Å². The molecule has 6 heteroatoms. The molecule has 0 aliphatic carbocycles. The maximum Gasteiger partial charge on any atom is 0.255 e. The number of aliphatic hydroxyl groups is 1. The van der Waals surface area contributed by atoms with Gasteiger partial charge < -0.3 is 15.3 Å². The second-order valence-electron chi connectivity index (χ2n) is 4.70. The van der Waals surface area contributed by atoms with Crippen molar-refractivity contribution in [2.75, 3.05) is 31.1 Å². The molecule has 0 saturated heterocycles. The second kappa shape index (κ2) is 9.27. The smallest absolute Gasteiger partial charge is 0.255 e. The highest BCUT2D eigenvalue weighted by Crippen LogP contribution is 2.22. The fourth-order valence-corrected chi connectivity index (χ4v) is 2.07. The van der Waals surface area contributed by atoms with Gasteiger partial charge in [0.15, 0.2) is 0 Å². The lowest BCUT2D eigenvalue weighted by Crippen LogP contribution is -2.32. The number of anilines is 1. The summed E-state index contributed by atoms with van der Waals surface area (Å²) < 4.78 is 25.2. The predicted octanol–water partition coefficient (Wildman–Crippen LogP) is 2.12. The molecule has 21 heavy (non-hydrogen) atoms. The largest absolute Gasteiger partial charge is 0.395 e. The Morgan fingerprint density at radius 2 is 2.19 bits per heavy atom. The Kier molecular flexibility index (Phi) is 7.65. The number of rotatable bonds is 9. The van der Waals surface area contributed by atoms with Crippen LogP contribution < -0.4 is 10.2 Å². The number of halogens is 2. The molecule has 0 heterocycles. The Balaban J connectivity index is 2.92. The highest BCUT2D eigenvalue weighted by atomic mass is 19.3. The summed E-state index contributed by atoms with van der Waals surface area (Å²) in [5, 5.41) is 21.4.